The Bertz CT molecular complexity index is 893. The third-order valence-electron chi connectivity index (χ3n) is 7.32. The van der Waals surface area contributed by atoms with Gasteiger partial charge in [0.2, 0.25) is 0 Å². The van der Waals surface area contributed by atoms with Crippen molar-refractivity contribution in [2.24, 2.45) is 5.73 Å². The maximum Gasteiger partial charge on any atom is 0.119 e. The van der Waals surface area contributed by atoms with Gasteiger partial charge < -0.3 is 20.7 Å². The fourth-order valence-corrected chi connectivity index (χ4v) is 5.42. The van der Waals surface area contributed by atoms with Crippen LogP contribution in [0.1, 0.15) is 80.5 Å². The molecule has 2 fully saturated rings. The van der Waals surface area contributed by atoms with Crippen LogP contribution in [0.5, 0.6) is 5.75 Å². The molecule has 0 aromatic heterocycles. The highest BCUT2D eigenvalue weighted by Crippen LogP contribution is 2.32. The monoisotopic (exact) mass is 447 g/mol. The van der Waals surface area contributed by atoms with Gasteiger partial charge >= 0.3 is 0 Å². The van der Waals surface area contributed by atoms with Crippen molar-refractivity contribution in [2.75, 3.05) is 26.2 Å². The Labute approximate surface area is 200 Å². The lowest BCUT2D eigenvalue weighted by Crippen LogP contribution is -2.26. The van der Waals surface area contributed by atoms with E-state index in [1.165, 1.54) is 67.6 Å². The van der Waals surface area contributed by atoms with E-state index in [4.69, 9.17) is 10.5 Å². The van der Waals surface area contributed by atoms with Gasteiger partial charge in [0.25, 0.3) is 0 Å². The quantitative estimate of drug-likeness (QED) is 0.529. The fraction of sp³-hybridized carbons (Fsp3) is 0.517. The molecule has 4 nitrogen and oxygen atoms in total. The zero-order valence-corrected chi connectivity index (χ0v) is 20.3. The van der Waals surface area contributed by atoms with Gasteiger partial charge in [0.05, 0.1) is 6.61 Å². The molecule has 2 saturated heterocycles. The molecule has 0 spiro atoms. The second-order valence-corrected chi connectivity index (χ2v) is 9.52. The van der Waals surface area contributed by atoms with E-state index in [0.29, 0.717) is 18.5 Å². The van der Waals surface area contributed by atoms with Gasteiger partial charge in [-0.05, 0) is 80.3 Å². The van der Waals surface area contributed by atoms with Gasteiger partial charge in [-0.2, -0.15) is 0 Å². The minimum Gasteiger partial charge on any atom is -0.493 e. The topological polar surface area (TPSA) is 50.5 Å². The fourth-order valence-electron chi connectivity index (χ4n) is 5.42. The van der Waals surface area contributed by atoms with E-state index in [-0.39, 0.29) is 0 Å². The van der Waals surface area contributed by atoms with Crippen LogP contribution in [-0.4, -0.2) is 31.1 Å². The highest BCUT2D eigenvalue weighted by molar-refractivity contribution is 5.31. The Morgan fingerprint density at radius 1 is 1.03 bits per heavy atom. The van der Waals surface area contributed by atoms with Crippen molar-refractivity contribution >= 4 is 0 Å². The second-order valence-electron chi connectivity index (χ2n) is 9.52. The summed E-state index contributed by atoms with van der Waals surface area (Å²) in [6.45, 7) is 6.93. The molecule has 0 amide bonds. The van der Waals surface area contributed by atoms with Crippen molar-refractivity contribution in [1.82, 2.24) is 10.2 Å². The molecule has 2 aliphatic heterocycles. The number of likely N-dealkylation sites (tertiary alicyclic amines) is 1. The summed E-state index contributed by atoms with van der Waals surface area (Å²) in [4.78, 5) is 2.51. The molecule has 178 valence electrons. The van der Waals surface area contributed by atoms with Crippen LogP contribution in [0.15, 0.2) is 60.3 Å². The molecule has 2 aromatic rings. The molecule has 2 unspecified atom stereocenters. The molecule has 2 atom stereocenters. The lowest BCUT2D eigenvalue weighted by molar-refractivity contribution is 0.297. The maximum absolute atomic E-state index is 6.18. The molecular formula is C29H41N3O. The number of benzene rings is 2. The number of allylic oxidation sites excluding steroid dienone is 1. The van der Waals surface area contributed by atoms with Crippen molar-refractivity contribution in [1.29, 1.82) is 0 Å². The Morgan fingerprint density at radius 2 is 1.85 bits per heavy atom. The zero-order chi connectivity index (χ0) is 22.9. The van der Waals surface area contributed by atoms with Crippen molar-refractivity contribution in [3.8, 4) is 5.75 Å². The van der Waals surface area contributed by atoms with Crippen LogP contribution in [0.2, 0.25) is 0 Å². The molecule has 0 saturated carbocycles. The van der Waals surface area contributed by atoms with Crippen LogP contribution < -0.4 is 15.8 Å². The molecule has 0 bridgehead atoms. The average molecular weight is 448 g/mol. The number of rotatable bonds is 8. The summed E-state index contributed by atoms with van der Waals surface area (Å²) in [5.74, 6) is 1.61. The molecule has 4 heteroatoms. The normalized spacial score (nSPS) is 22.1. The average Bonchev–Trinajstić information content (AvgIpc) is 3.37. The third kappa shape index (κ3) is 6.61. The van der Waals surface area contributed by atoms with Crippen LogP contribution in [0.3, 0.4) is 0 Å². The number of hydrogen-bond donors (Lipinski definition) is 2. The largest absolute Gasteiger partial charge is 0.493 e. The van der Waals surface area contributed by atoms with Gasteiger partial charge in [-0.25, -0.2) is 0 Å². The van der Waals surface area contributed by atoms with Crippen LogP contribution in [0.25, 0.3) is 0 Å². The molecule has 2 heterocycles. The van der Waals surface area contributed by atoms with E-state index in [1.54, 1.807) is 0 Å². The second kappa shape index (κ2) is 12.2. The van der Waals surface area contributed by atoms with E-state index >= 15 is 0 Å². The molecule has 3 N–H and O–H groups in total. The van der Waals surface area contributed by atoms with Gasteiger partial charge in [0.15, 0.2) is 0 Å². The Morgan fingerprint density at radius 3 is 2.67 bits per heavy atom. The van der Waals surface area contributed by atoms with Crippen LogP contribution in [-0.2, 0) is 6.54 Å². The lowest BCUT2D eigenvalue weighted by Gasteiger charge is -2.27. The summed E-state index contributed by atoms with van der Waals surface area (Å²) in [6.07, 6.45) is 10.7. The van der Waals surface area contributed by atoms with Crippen molar-refractivity contribution < 1.29 is 4.74 Å². The molecule has 2 aliphatic rings. The number of hydrogen-bond acceptors (Lipinski definition) is 4. The summed E-state index contributed by atoms with van der Waals surface area (Å²) in [5.41, 5.74) is 11.3. The number of ether oxygens (including phenoxy) is 1. The van der Waals surface area contributed by atoms with Crippen molar-refractivity contribution in [3.05, 3.63) is 77.0 Å². The van der Waals surface area contributed by atoms with Gasteiger partial charge in [0, 0.05) is 37.8 Å². The SMILES string of the molecule is C/C=C(\CCOc1cccc(C2CCCC(c3cccc(CN)c3)CCN2)c1)N1CCCC1. The zero-order valence-electron chi connectivity index (χ0n) is 20.3. The number of nitrogens with one attached hydrogen (secondary N) is 1. The van der Waals surface area contributed by atoms with Crippen LogP contribution in [0, 0.1) is 0 Å². The van der Waals surface area contributed by atoms with Gasteiger partial charge in [-0.1, -0.05) is 48.9 Å². The summed E-state index contributed by atoms with van der Waals surface area (Å²) in [6, 6.07) is 18.0. The molecule has 0 radical (unpaired) electrons. The van der Waals surface area contributed by atoms with Crippen molar-refractivity contribution in [2.45, 2.75) is 70.4 Å². The maximum atomic E-state index is 6.18. The highest BCUT2D eigenvalue weighted by atomic mass is 16.5. The van der Waals surface area contributed by atoms with Crippen molar-refractivity contribution in [3.63, 3.8) is 0 Å². The standard InChI is InChI=1S/C29H41N3O/c1-2-27(32-17-3-4-18-32)15-19-33-28-12-6-11-26(21-28)29-13-7-9-24(14-16-31-29)25-10-5-8-23(20-25)22-30/h2,5-6,8,10-12,20-21,24,29,31H,3-4,7,9,13-19,22,30H2,1H3/b27-2+. The van der Waals surface area contributed by atoms with Crippen LogP contribution in [0.4, 0.5) is 0 Å². The van der Waals surface area contributed by atoms with Crippen LogP contribution >= 0.6 is 0 Å². The number of nitrogens with two attached hydrogens (primary N) is 1. The van der Waals surface area contributed by atoms with E-state index in [2.05, 4.69) is 71.7 Å². The predicted molar refractivity (Wildman–Crippen MR) is 137 cm³/mol. The molecule has 33 heavy (non-hydrogen) atoms. The van der Waals surface area contributed by atoms with E-state index in [9.17, 15) is 0 Å². The summed E-state index contributed by atoms with van der Waals surface area (Å²) < 4.78 is 6.18. The van der Waals surface area contributed by atoms with E-state index < -0.39 is 0 Å². The Kier molecular flexibility index (Phi) is 8.85. The van der Waals surface area contributed by atoms with E-state index in [0.717, 1.165) is 31.7 Å². The van der Waals surface area contributed by atoms with E-state index in [1.807, 2.05) is 0 Å². The Balaban J connectivity index is 1.29. The molecule has 2 aromatic carbocycles. The molecular weight excluding hydrogens is 406 g/mol. The first-order chi connectivity index (χ1) is 16.3. The highest BCUT2D eigenvalue weighted by Gasteiger charge is 2.19. The van der Waals surface area contributed by atoms with Gasteiger partial charge in [-0.3, -0.25) is 0 Å². The number of nitrogens with zero attached hydrogens (tertiary/aromatic N) is 1. The predicted octanol–water partition coefficient (Wildman–Crippen LogP) is 5.90. The van der Waals surface area contributed by atoms with Gasteiger partial charge in [0.1, 0.15) is 5.75 Å². The third-order valence-corrected chi connectivity index (χ3v) is 7.32. The summed E-state index contributed by atoms with van der Waals surface area (Å²) in [5, 5.41) is 3.82. The minimum absolute atomic E-state index is 0.403. The first-order valence-corrected chi connectivity index (χ1v) is 12.9. The minimum atomic E-state index is 0.403. The Hall–Kier alpha value is -2.30. The van der Waals surface area contributed by atoms with Gasteiger partial charge in [-0.15, -0.1) is 0 Å². The first kappa shape index (κ1) is 23.8. The lowest BCUT2D eigenvalue weighted by atomic mass is 9.86. The summed E-state index contributed by atoms with van der Waals surface area (Å²) >= 11 is 0. The molecule has 4 rings (SSSR count). The first-order valence-electron chi connectivity index (χ1n) is 12.9. The molecule has 0 aliphatic carbocycles. The summed E-state index contributed by atoms with van der Waals surface area (Å²) in [7, 11) is 0. The smallest absolute Gasteiger partial charge is 0.119 e.